The van der Waals surface area contributed by atoms with E-state index in [1.54, 1.807) is 0 Å². The van der Waals surface area contributed by atoms with E-state index in [4.69, 9.17) is 14.8 Å². The molecule has 0 heterocycles. The van der Waals surface area contributed by atoms with Crippen LogP contribution in [0.2, 0.25) is 0 Å². The minimum Gasteiger partial charge on any atom is -0.391 e. The summed E-state index contributed by atoms with van der Waals surface area (Å²) in [7, 11) is -4.31. The predicted octanol–water partition coefficient (Wildman–Crippen LogP) is 13.0. The van der Waals surface area contributed by atoms with Crippen molar-refractivity contribution < 1.29 is 28.4 Å². The molecule has 0 bridgehead atoms. The Kier molecular flexibility index (Phi) is 40.8. The van der Waals surface area contributed by atoms with Crippen LogP contribution >= 0.6 is 7.82 Å². The minimum atomic E-state index is -4.31. The molecule has 3 atom stereocenters. The van der Waals surface area contributed by atoms with Crippen LogP contribution in [0, 0.1) is 0 Å². The smallest absolute Gasteiger partial charge is 0.391 e. The lowest BCUT2D eigenvalue weighted by Crippen LogP contribution is -2.46. The van der Waals surface area contributed by atoms with Crippen molar-refractivity contribution in [2.75, 3.05) is 19.8 Å². The highest BCUT2D eigenvalue weighted by molar-refractivity contribution is 7.47. The van der Waals surface area contributed by atoms with Gasteiger partial charge >= 0.3 is 7.82 Å². The molecule has 0 aliphatic rings. The van der Waals surface area contributed by atoms with Crippen molar-refractivity contribution in [1.29, 1.82) is 0 Å². The van der Waals surface area contributed by atoms with Crippen molar-refractivity contribution in [1.82, 2.24) is 5.32 Å². The molecule has 0 aromatic rings. The number of carbonyl (C=O) groups excluding carboxylic acids is 1. The van der Waals surface area contributed by atoms with E-state index < -0.39 is 20.0 Å². The van der Waals surface area contributed by atoms with E-state index in [0.717, 1.165) is 38.5 Å². The quantitative estimate of drug-likeness (QED) is 0.0358. The average Bonchev–Trinajstić information content (AvgIpc) is 3.14. The molecule has 0 aromatic carbocycles. The fourth-order valence-corrected chi connectivity index (χ4v) is 7.96. The number of aliphatic hydroxyl groups excluding tert-OH is 1. The Hall–Kier alpha value is -0.500. The molecule has 0 spiro atoms. The molecule has 0 saturated heterocycles. The number of nitrogens with two attached hydrogens (primary N) is 1. The Labute approximate surface area is 329 Å². The first-order chi connectivity index (χ1) is 25.9. The van der Waals surface area contributed by atoms with Crippen LogP contribution < -0.4 is 11.1 Å². The Morgan fingerprint density at radius 1 is 0.547 bits per heavy atom. The van der Waals surface area contributed by atoms with Gasteiger partial charge in [0.2, 0.25) is 5.91 Å². The molecule has 5 N–H and O–H groups in total. The van der Waals surface area contributed by atoms with E-state index >= 15 is 0 Å². The van der Waals surface area contributed by atoms with Gasteiger partial charge in [0.25, 0.3) is 0 Å². The molecule has 0 aromatic heterocycles. The molecule has 1 amide bonds. The topological polar surface area (TPSA) is 131 Å². The first kappa shape index (κ1) is 52.5. The molecule has 3 unspecified atom stereocenters. The van der Waals surface area contributed by atoms with Gasteiger partial charge < -0.3 is 21.1 Å². The maximum atomic E-state index is 12.8. The second-order valence-electron chi connectivity index (χ2n) is 16.0. The van der Waals surface area contributed by atoms with Gasteiger partial charge in [-0.05, 0) is 12.8 Å². The van der Waals surface area contributed by atoms with Gasteiger partial charge in [0.15, 0.2) is 0 Å². The van der Waals surface area contributed by atoms with Crippen LogP contribution in [0.1, 0.15) is 245 Å². The number of aliphatic hydroxyl groups is 1. The van der Waals surface area contributed by atoms with Crippen molar-refractivity contribution in [2.24, 2.45) is 5.73 Å². The lowest BCUT2D eigenvalue weighted by Gasteiger charge is -2.25. The van der Waals surface area contributed by atoms with Crippen LogP contribution in [0.5, 0.6) is 0 Å². The summed E-state index contributed by atoms with van der Waals surface area (Å²) in [5.74, 6) is -0.156. The number of unbranched alkanes of at least 4 members (excludes halogenated alkanes) is 32. The SMILES string of the molecule is CCCCCCCCCCCCCCCCCCCCCC(=O)NC(COP(=O)(O)OCCN)C(O)CCCCCCCCCCCCCCCCC. The van der Waals surface area contributed by atoms with Gasteiger partial charge in [-0.15, -0.1) is 0 Å². The highest BCUT2D eigenvalue weighted by Crippen LogP contribution is 2.43. The molecular formula is C44H91N2O6P. The molecule has 318 valence electrons. The second kappa shape index (κ2) is 41.1. The third-order valence-corrected chi connectivity index (χ3v) is 11.7. The van der Waals surface area contributed by atoms with Crippen molar-refractivity contribution in [2.45, 2.75) is 257 Å². The standard InChI is InChI=1S/C44H91N2O6P/c1-3-5-7-9-11-13-15-17-19-20-21-22-24-26-28-30-32-34-36-38-44(48)46-42(41-52-53(49,50)51-40-39-45)43(47)37-35-33-31-29-27-25-23-18-16-14-12-10-8-6-4-2/h42-43,47H,3-41,45H2,1-2H3,(H,46,48)(H,49,50). The van der Waals surface area contributed by atoms with Crippen molar-refractivity contribution in [3.63, 3.8) is 0 Å². The fourth-order valence-electron chi connectivity index (χ4n) is 7.20. The zero-order valence-corrected chi connectivity index (χ0v) is 36.2. The Balaban J connectivity index is 4.06. The van der Waals surface area contributed by atoms with E-state index in [9.17, 15) is 19.4 Å². The van der Waals surface area contributed by atoms with Gasteiger partial charge in [-0.2, -0.15) is 0 Å². The lowest BCUT2D eigenvalue weighted by molar-refractivity contribution is -0.123. The third kappa shape index (κ3) is 39.5. The summed E-state index contributed by atoms with van der Waals surface area (Å²) in [4.78, 5) is 22.8. The van der Waals surface area contributed by atoms with Gasteiger partial charge in [0.1, 0.15) is 0 Å². The summed E-state index contributed by atoms with van der Waals surface area (Å²) in [5.41, 5.74) is 5.39. The van der Waals surface area contributed by atoms with Crippen LogP contribution in [-0.4, -0.2) is 47.8 Å². The summed E-state index contributed by atoms with van der Waals surface area (Å²) in [5, 5.41) is 13.8. The first-order valence-corrected chi connectivity index (χ1v) is 24.6. The number of hydrogen-bond donors (Lipinski definition) is 4. The fraction of sp³-hybridized carbons (Fsp3) is 0.977. The zero-order chi connectivity index (χ0) is 38.9. The maximum absolute atomic E-state index is 12.8. The van der Waals surface area contributed by atoms with Crippen molar-refractivity contribution >= 4 is 13.7 Å². The highest BCUT2D eigenvalue weighted by atomic mass is 31.2. The van der Waals surface area contributed by atoms with Gasteiger partial charge in [0, 0.05) is 13.0 Å². The molecule has 0 aliphatic heterocycles. The summed E-state index contributed by atoms with van der Waals surface area (Å²) < 4.78 is 22.2. The average molecular weight is 775 g/mol. The van der Waals surface area contributed by atoms with Crippen LogP contribution in [0.3, 0.4) is 0 Å². The highest BCUT2D eigenvalue weighted by Gasteiger charge is 2.27. The van der Waals surface area contributed by atoms with Gasteiger partial charge in [-0.25, -0.2) is 4.57 Å². The number of rotatable bonds is 44. The van der Waals surface area contributed by atoms with Gasteiger partial charge in [-0.1, -0.05) is 226 Å². The van der Waals surface area contributed by atoms with Crippen LogP contribution in [0.25, 0.3) is 0 Å². The molecule has 53 heavy (non-hydrogen) atoms. The summed E-state index contributed by atoms with van der Waals surface area (Å²) in [6.45, 7) is 4.24. The molecule has 8 nitrogen and oxygen atoms in total. The Bertz CT molecular complexity index is 804. The van der Waals surface area contributed by atoms with Gasteiger partial charge in [0.05, 0.1) is 25.4 Å². The predicted molar refractivity (Wildman–Crippen MR) is 226 cm³/mol. The summed E-state index contributed by atoms with van der Waals surface area (Å²) >= 11 is 0. The molecule has 9 heteroatoms. The minimum absolute atomic E-state index is 0.0926. The molecule has 0 rings (SSSR count). The number of amides is 1. The monoisotopic (exact) mass is 775 g/mol. The Morgan fingerprint density at radius 2 is 0.868 bits per heavy atom. The lowest BCUT2D eigenvalue weighted by atomic mass is 10.0. The van der Waals surface area contributed by atoms with Crippen LogP contribution in [0.4, 0.5) is 0 Å². The third-order valence-electron chi connectivity index (χ3n) is 10.7. The molecule has 0 fully saturated rings. The van der Waals surface area contributed by atoms with Crippen LogP contribution in [-0.2, 0) is 18.4 Å². The van der Waals surface area contributed by atoms with Crippen molar-refractivity contribution in [3.8, 4) is 0 Å². The maximum Gasteiger partial charge on any atom is 0.472 e. The van der Waals surface area contributed by atoms with Gasteiger partial charge in [-0.3, -0.25) is 13.8 Å². The number of phosphoric ester groups is 1. The number of nitrogens with one attached hydrogen (secondary N) is 1. The van der Waals surface area contributed by atoms with E-state index in [0.29, 0.717) is 12.8 Å². The summed E-state index contributed by atoms with van der Waals surface area (Å²) in [6, 6.07) is -0.767. The summed E-state index contributed by atoms with van der Waals surface area (Å²) in [6.07, 6.45) is 44.0. The van der Waals surface area contributed by atoms with E-state index in [-0.39, 0.29) is 25.7 Å². The van der Waals surface area contributed by atoms with E-state index in [1.807, 2.05) is 0 Å². The number of hydrogen-bond acceptors (Lipinski definition) is 6. The van der Waals surface area contributed by atoms with Crippen molar-refractivity contribution in [3.05, 3.63) is 0 Å². The van der Waals surface area contributed by atoms with E-state index in [1.165, 1.54) is 180 Å². The largest absolute Gasteiger partial charge is 0.472 e. The normalized spacial score (nSPS) is 14.0. The zero-order valence-electron chi connectivity index (χ0n) is 35.3. The van der Waals surface area contributed by atoms with E-state index in [2.05, 4.69) is 19.2 Å². The number of carbonyl (C=O) groups is 1. The van der Waals surface area contributed by atoms with Crippen LogP contribution in [0.15, 0.2) is 0 Å². The molecule has 0 aliphatic carbocycles. The number of phosphoric acid groups is 1. The molecule has 0 radical (unpaired) electrons. The molecule has 0 saturated carbocycles. The second-order valence-corrected chi connectivity index (χ2v) is 17.4. The first-order valence-electron chi connectivity index (χ1n) is 23.2. The Morgan fingerprint density at radius 3 is 1.21 bits per heavy atom. The molecular weight excluding hydrogens is 683 g/mol.